The van der Waals surface area contributed by atoms with Gasteiger partial charge in [0.2, 0.25) is 11.8 Å². The number of nitrogens with zero attached hydrogens (tertiary/aromatic N) is 1. The number of nitrogens with one attached hydrogen (secondary N) is 1. The molecule has 22 heavy (non-hydrogen) atoms. The predicted molar refractivity (Wildman–Crippen MR) is 90.0 cm³/mol. The van der Waals surface area contributed by atoms with Crippen molar-refractivity contribution < 1.29 is 9.59 Å². The number of aryl methyl sites for hydroxylation is 1. The average molecular weight is 302 g/mol. The zero-order valence-corrected chi connectivity index (χ0v) is 14.2. The second kappa shape index (κ2) is 6.11. The van der Waals surface area contributed by atoms with Crippen LogP contribution in [-0.4, -0.2) is 18.4 Å². The largest absolute Gasteiger partial charge is 0.326 e. The first-order chi connectivity index (χ1) is 10.2. The first-order valence-electron chi connectivity index (χ1n) is 7.96. The molecule has 1 aromatic carbocycles. The average Bonchev–Trinajstić information content (AvgIpc) is 2.44. The van der Waals surface area contributed by atoms with Crippen LogP contribution < -0.4 is 10.2 Å². The minimum atomic E-state index is -0.441. The number of hydrogen-bond donors (Lipinski definition) is 1. The summed E-state index contributed by atoms with van der Waals surface area (Å²) >= 11 is 0. The number of anilines is 2. The number of carbonyl (C=O) groups is 2. The van der Waals surface area contributed by atoms with Gasteiger partial charge in [0.25, 0.3) is 0 Å². The quantitative estimate of drug-likeness (QED) is 0.907. The second-order valence-electron chi connectivity index (χ2n) is 7.30. The highest BCUT2D eigenvalue weighted by atomic mass is 16.2. The van der Waals surface area contributed by atoms with Gasteiger partial charge < -0.3 is 10.2 Å². The van der Waals surface area contributed by atoms with E-state index in [1.165, 1.54) is 5.56 Å². The first-order valence-corrected chi connectivity index (χ1v) is 7.96. The Kier molecular flexibility index (Phi) is 4.59. The highest BCUT2D eigenvalue weighted by molar-refractivity contribution is 5.98. The molecule has 2 rings (SSSR count). The topological polar surface area (TPSA) is 49.4 Å². The smallest absolute Gasteiger partial charge is 0.229 e. The molecule has 0 saturated carbocycles. The lowest BCUT2D eigenvalue weighted by Gasteiger charge is -2.31. The van der Waals surface area contributed by atoms with E-state index in [1.807, 2.05) is 57.7 Å². The molecule has 0 saturated heterocycles. The summed E-state index contributed by atoms with van der Waals surface area (Å²) < 4.78 is 0. The van der Waals surface area contributed by atoms with Gasteiger partial charge in [0, 0.05) is 29.3 Å². The Balaban J connectivity index is 2.30. The molecule has 0 radical (unpaired) electrons. The van der Waals surface area contributed by atoms with E-state index < -0.39 is 5.41 Å². The lowest BCUT2D eigenvalue weighted by Crippen LogP contribution is -2.38. The molecular weight excluding hydrogens is 276 g/mol. The molecule has 0 unspecified atom stereocenters. The number of carbonyl (C=O) groups excluding carboxylic acids is 2. The second-order valence-corrected chi connectivity index (χ2v) is 7.30. The van der Waals surface area contributed by atoms with Gasteiger partial charge in [0.1, 0.15) is 0 Å². The Morgan fingerprint density at radius 3 is 2.50 bits per heavy atom. The highest BCUT2D eigenvalue weighted by Gasteiger charge is 2.26. The molecule has 4 nitrogen and oxygen atoms in total. The van der Waals surface area contributed by atoms with E-state index >= 15 is 0 Å². The maximum absolute atomic E-state index is 12.4. The van der Waals surface area contributed by atoms with Crippen LogP contribution in [0, 0.1) is 11.3 Å². The fraction of sp³-hybridized carbons (Fsp3) is 0.556. The van der Waals surface area contributed by atoms with Crippen LogP contribution in [0.5, 0.6) is 0 Å². The molecule has 1 aliphatic rings. The Labute approximate surface area is 132 Å². The number of hydrogen-bond acceptors (Lipinski definition) is 2. The summed E-state index contributed by atoms with van der Waals surface area (Å²) in [5, 5.41) is 2.94. The van der Waals surface area contributed by atoms with Gasteiger partial charge in [-0.2, -0.15) is 0 Å². The molecule has 2 amide bonds. The van der Waals surface area contributed by atoms with Crippen LogP contribution in [0.4, 0.5) is 11.4 Å². The van der Waals surface area contributed by atoms with Crippen molar-refractivity contribution in [3.63, 3.8) is 0 Å². The highest BCUT2D eigenvalue weighted by Crippen LogP contribution is 2.31. The van der Waals surface area contributed by atoms with Gasteiger partial charge in [-0.05, 0) is 30.5 Å². The van der Waals surface area contributed by atoms with E-state index in [4.69, 9.17) is 0 Å². The Hall–Kier alpha value is -1.84. The summed E-state index contributed by atoms with van der Waals surface area (Å²) in [5.41, 5.74) is 2.43. The molecule has 1 aromatic rings. The van der Waals surface area contributed by atoms with Crippen LogP contribution >= 0.6 is 0 Å². The standard InChI is InChI=1S/C18H26N2O2/c1-12(2)16(21)20-10-6-7-13-8-9-14(11-15(13)20)19-17(22)18(3,4)5/h8-9,11-12H,6-7,10H2,1-5H3,(H,19,22). The third-order valence-corrected chi connectivity index (χ3v) is 3.90. The molecule has 1 heterocycles. The molecule has 4 heteroatoms. The van der Waals surface area contributed by atoms with Crippen LogP contribution in [0.1, 0.15) is 46.6 Å². The minimum absolute atomic E-state index is 0.0232. The molecular formula is C18H26N2O2. The fourth-order valence-electron chi connectivity index (χ4n) is 2.51. The van der Waals surface area contributed by atoms with Crippen molar-refractivity contribution in [1.29, 1.82) is 0 Å². The monoisotopic (exact) mass is 302 g/mol. The third kappa shape index (κ3) is 3.49. The number of amides is 2. The van der Waals surface area contributed by atoms with Gasteiger partial charge in [0.05, 0.1) is 0 Å². The SMILES string of the molecule is CC(C)C(=O)N1CCCc2ccc(NC(=O)C(C)(C)C)cc21. The first kappa shape index (κ1) is 16.5. The van der Waals surface area contributed by atoms with Crippen molar-refractivity contribution in [3.8, 4) is 0 Å². The zero-order valence-electron chi connectivity index (χ0n) is 14.2. The number of benzene rings is 1. The van der Waals surface area contributed by atoms with E-state index in [-0.39, 0.29) is 17.7 Å². The Morgan fingerprint density at radius 1 is 1.23 bits per heavy atom. The molecule has 1 N–H and O–H groups in total. The predicted octanol–water partition coefficient (Wildman–Crippen LogP) is 3.61. The Bertz CT molecular complexity index is 585. The maximum atomic E-state index is 12.4. The lowest BCUT2D eigenvalue weighted by molar-refractivity contribution is -0.123. The van der Waals surface area contributed by atoms with Crippen molar-refractivity contribution in [2.24, 2.45) is 11.3 Å². The minimum Gasteiger partial charge on any atom is -0.326 e. The summed E-state index contributed by atoms with van der Waals surface area (Å²) in [7, 11) is 0. The van der Waals surface area contributed by atoms with Crippen molar-refractivity contribution in [1.82, 2.24) is 0 Å². The van der Waals surface area contributed by atoms with Crippen LogP contribution in [0.3, 0.4) is 0 Å². The van der Waals surface area contributed by atoms with Gasteiger partial charge in [-0.15, -0.1) is 0 Å². The summed E-state index contributed by atoms with van der Waals surface area (Å²) in [6.07, 6.45) is 1.96. The summed E-state index contributed by atoms with van der Waals surface area (Å²) in [6.45, 7) is 10.2. The normalized spacial score (nSPS) is 14.7. The summed E-state index contributed by atoms with van der Waals surface area (Å²) in [5.74, 6) is 0.0871. The van der Waals surface area contributed by atoms with Crippen molar-refractivity contribution >= 4 is 23.2 Å². The molecule has 0 atom stereocenters. The van der Waals surface area contributed by atoms with E-state index in [9.17, 15) is 9.59 Å². The van der Waals surface area contributed by atoms with Gasteiger partial charge in [-0.1, -0.05) is 40.7 Å². The molecule has 0 aliphatic carbocycles. The van der Waals surface area contributed by atoms with Crippen molar-refractivity contribution in [3.05, 3.63) is 23.8 Å². The van der Waals surface area contributed by atoms with E-state index in [0.717, 1.165) is 30.8 Å². The molecule has 1 aliphatic heterocycles. The molecule has 0 aromatic heterocycles. The maximum Gasteiger partial charge on any atom is 0.229 e. The van der Waals surface area contributed by atoms with Crippen LogP contribution in [0.15, 0.2) is 18.2 Å². The summed E-state index contributed by atoms with van der Waals surface area (Å²) in [4.78, 5) is 26.4. The van der Waals surface area contributed by atoms with Crippen LogP contribution in [-0.2, 0) is 16.0 Å². The van der Waals surface area contributed by atoms with Gasteiger partial charge in [-0.25, -0.2) is 0 Å². The molecule has 0 fully saturated rings. The molecule has 0 spiro atoms. The van der Waals surface area contributed by atoms with Crippen LogP contribution in [0.25, 0.3) is 0 Å². The molecule has 120 valence electrons. The lowest BCUT2D eigenvalue weighted by atomic mass is 9.95. The van der Waals surface area contributed by atoms with E-state index in [1.54, 1.807) is 0 Å². The number of rotatable bonds is 2. The van der Waals surface area contributed by atoms with Gasteiger partial charge in [0.15, 0.2) is 0 Å². The van der Waals surface area contributed by atoms with Gasteiger partial charge in [-0.3, -0.25) is 9.59 Å². The Morgan fingerprint density at radius 2 is 1.91 bits per heavy atom. The fourth-order valence-corrected chi connectivity index (χ4v) is 2.51. The van der Waals surface area contributed by atoms with Gasteiger partial charge >= 0.3 is 0 Å². The van der Waals surface area contributed by atoms with Crippen molar-refractivity contribution in [2.75, 3.05) is 16.8 Å². The van der Waals surface area contributed by atoms with E-state index in [2.05, 4.69) is 5.32 Å². The van der Waals surface area contributed by atoms with Crippen molar-refractivity contribution in [2.45, 2.75) is 47.5 Å². The van der Waals surface area contributed by atoms with E-state index in [0.29, 0.717) is 0 Å². The summed E-state index contributed by atoms with van der Waals surface area (Å²) in [6, 6.07) is 5.87. The molecule has 0 bridgehead atoms. The number of fused-ring (bicyclic) bond motifs is 1. The zero-order chi connectivity index (χ0) is 16.5. The van der Waals surface area contributed by atoms with Crippen LogP contribution in [0.2, 0.25) is 0 Å². The third-order valence-electron chi connectivity index (χ3n) is 3.90.